The summed E-state index contributed by atoms with van der Waals surface area (Å²) in [7, 11) is 1.63. The van der Waals surface area contributed by atoms with Crippen LogP contribution in [-0.4, -0.2) is 22.8 Å². The predicted octanol–water partition coefficient (Wildman–Crippen LogP) is 4.85. The van der Waals surface area contributed by atoms with Crippen molar-refractivity contribution >= 4 is 11.4 Å². The summed E-state index contributed by atoms with van der Waals surface area (Å²) in [4.78, 5) is 10.9. The number of fused-ring (bicyclic) bond motifs is 3. The van der Waals surface area contributed by atoms with Crippen LogP contribution in [0.1, 0.15) is 35.4 Å². The largest absolute Gasteiger partial charge is 0.497 e. The Labute approximate surface area is 173 Å². The highest BCUT2D eigenvalue weighted by Gasteiger charge is 2.41. The molecule has 2 aliphatic heterocycles. The number of methoxy groups -OCH3 is 1. The Balaban J connectivity index is 1.58. The number of nitro groups is 1. The molecular weight excluding hydrogens is 382 g/mol. The molecule has 0 N–H and O–H groups in total. The molecule has 0 bridgehead atoms. The van der Waals surface area contributed by atoms with E-state index in [0.717, 1.165) is 28.2 Å². The van der Waals surface area contributed by atoms with Crippen LogP contribution < -0.4 is 9.47 Å². The Morgan fingerprint density at radius 2 is 1.87 bits per heavy atom. The molecule has 0 saturated carbocycles. The number of hydrogen-bond acceptors (Lipinski definition) is 6. The van der Waals surface area contributed by atoms with Gasteiger partial charge in [-0.3, -0.25) is 10.1 Å². The second-order valence-corrected chi connectivity index (χ2v) is 7.24. The van der Waals surface area contributed by atoms with Gasteiger partial charge >= 0.3 is 0 Å². The maximum atomic E-state index is 11.3. The number of hydrazone groups is 1. The number of ether oxygens (including phenoxy) is 2. The molecule has 7 nitrogen and oxygen atoms in total. The minimum absolute atomic E-state index is 0.0494. The van der Waals surface area contributed by atoms with E-state index in [1.165, 1.54) is 6.07 Å². The first-order valence-corrected chi connectivity index (χ1v) is 9.64. The molecule has 2 heterocycles. The van der Waals surface area contributed by atoms with Gasteiger partial charge in [0.2, 0.25) is 6.23 Å². The zero-order valence-corrected chi connectivity index (χ0v) is 16.3. The fourth-order valence-corrected chi connectivity index (χ4v) is 3.98. The number of benzene rings is 3. The van der Waals surface area contributed by atoms with Crippen molar-refractivity contribution in [2.24, 2.45) is 5.10 Å². The standard InChI is InChI=1S/C23H19N3O4/c1-29-18-10-7-15(8-11-18)20-14-21-19-13-17(26(27)28)9-12-22(19)30-23(25(21)24-20)16-5-3-2-4-6-16/h2-13,21,23H,14H2,1H3/t21-,23+/m0/s1. The van der Waals surface area contributed by atoms with Gasteiger partial charge in [-0.1, -0.05) is 30.3 Å². The van der Waals surface area contributed by atoms with E-state index < -0.39 is 6.23 Å². The molecule has 30 heavy (non-hydrogen) atoms. The summed E-state index contributed by atoms with van der Waals surface area (Å²) in [5, 5.41) is 18.1. The summed E-state index contributed by atoms with van der Waals surface area (Å²) in [6.45, 7) is 0. The lowest BCUT2D eigenvalue weighted by atomic mass is 9.95. The monoisotopic (exact) mass is 401 g/mol. The number of non-ortho nitro benzene ring substituents is 1. The molecule has 7 heteroatoms. The SMILES string of the molecule is COc1ccc(C2=NN3[C@@H](c4ccccc4)Oc4ccc([N+](=O)[O-])cc4[C@@H]3C2)cc1. The van der Waals surface area contributed by atoms with Crippen molar-refractivity contribution in [3.05, 3.63) is 99.6 Å². The zero-order chi connectivity index (χ0) is 20.7. The van der Waals surface area contributed by atoms with E-state index in [-0.39, 0.29) is 16.7 Å². The van der Waals surface area contributed by atoms with Crippen molar-refractivity contribution in [3.63, 3.8) is 0 Å². The molecule has 0 aromatic heterocycles. The summed E-state index contributed by atoms with van der Waals surface area (Å²) >= 11 is 0. The lowest BCUT2D eigenvalue weighted by molar-refractivity contribution is -0.385. The van der Waals surface area contributed by atoms with Crippen LogP contribution in [0.2, 0.25) is 0 Å². The van der Waals surface area contributed by atoms with Crippen LogP contribution in [0.4, 0.5) is 5.69 Å². The number of hydrogen-bond donors (Lipinski definition) is 0. The third kappa shape index (κ3) is 3.04. The fourth-order valence-electron chi connectivity index (χ4n) is 3.98. The topological polar surface area (TPSA) is 77.2 Å². The van der Waals surface area contributed by atoms with Gasteiger partial charge in [0.1, 0.15) is 11.5 Å². The Hall–Kier alpha value is -3.87. The van der Waals surface area contributed by atoms with E-state index in [4.69, 9.17) is 14.6 Å². The van der Waals surface area contributed by atoms with Crippen LogP contribution in [0.25, 0.3) is 0 Å². The first kappa shape index (κ1) is 18.2. The van der Waals surface area contributed by atoms with Crippen molar-refractivity contribution in [1.29, 1.82) is 0 Å². The summed E-state index contributed by atoms with van der Waals surface area (Å²) in [5.74, 6) is 1.43. The molecule has 0 saturated heterocycles. The molecule has 0 spiro atoms. The Morgan fingerprint density at radius 1 is 1.10 bits per heavy atom. The Bertz CT molecular complexity index is 1130. The first-order chi connectivity index (χ1) is 14.6. The van der Waals surface area contributed by atoms with Crippen LogP contribution in [-0.2, 0) is 0 Å². The van der Waals surface area contributed by atoms with E-state index >= 15 is 0 Å². The predicted molar refractivity (Wildman–Crippen MR) is 112 cm³/mol. The molecule has 0 aliphatic carbocycles. The first-order valence-electron chi connectivity index (χ1n) is 9.64. The molecule has 150 valence electrons. The van der Waals surface area contributed by atoms with Gasteiger partial charge in [-0.25, -0.2) is 5.01 Å². The molecule has 0 fully saturated rings. The summed E-state index contributed by atoms with van der Waals surface area (Å²) in [6.07, 6.45) is 0.230. The van der Waals surface area contributed by atoms with Gasteiger partial charge in [0.15, 0.2) is 0 Å². The highest BCUT2D eigenvalue weighted by Crippen LogP contribution is 2.48. The number of nitro benzene ring substituents is 1. The molecule has 0 unspecified atom stereocenters. The van der Waals surface area contributed by atoms with Crippen molar-refractivity contribution in [2.75, 3.05) is 7.11 Å². The molecule has 2 atom stereocenters. The van der Waals surface area contributed by atoms with Crippen molar-refractivity contribution in [3.8, 4) is 11.5 Å². The molecule has 0 amide bonds. The summed E-state index contributed by atoms with van der Waals surface area (Å²) in [6, 6.07) is 22.3. The van der Waals surface area contributed by atoms with Gasteiger partial charge in [-0.15, -0.1) is 0 Å². The maximum Gasteiger partial charge on any atom is 0.270 e. The van der Waals surface area contributed by atoms with Gasteiger partial charge in [0, 0.05) is 29.7 Å². The van der Waals surface area contributed by atoms with Crippen LogP contribution in [0, 0.1) is 10.1 Å². The Morgan fingerprint density at radius 3 is 2.57 bits per heavy atom. The van der Waals surface area contributed by atoms with E-state index in [1.807, 2.05) is 59.6 Å². The van der Waals surface area contributed by atoms with Gasteiger partial charge < -0.3 is 9.47 Å². The molecule has 0 radical (unpaired) electrons. The smallest absolute Gasteiger partial charge is 0.270 e. The van der Waals surface area contributed by atoms with E-state index in [0.29, 0.717) is 12.2 Å². The highest BCUT2D eigenvalue weighted by atomic mass is 16.6. The molecular formula is C23H19N3O4. The number of nitrogens with zero attached hydrogens (tertiary/aromatic N) is 3. The van der Waals surface area contributed by atoms with E-state index in [1.54, 1.807) is 19.2 Å². The zero-order valence-electron chi connectivity index (χ0n) is 16.3. The minimum atomic E-state index is -0.402. The normalized spacial score (nSPS) is 19.4. The van der Waals surface area contributed by atoms with E-state index in [2.05, 4.69) is 0 Å². The lowest BCUT2D eigenvalue weighted by Gasteiger charge is -2.38. The highest BCUT2D eigenvalue weighted by molar-refractivity contribution is 6.02. The molecule has 3 aromatic carbocycles. The van der Waals surface area contributed by atoms with Crippen LogP contribution in [0.15, 0.2) is 77.9 Å². The molecule has 3 aromatic rings. The van der Waals surface area contributed by atoms with E-state index in [9.17, 15) is 10.1 Å². The maximum absolute atomic E-state index is 11.3. The molecule has 5 rings (SSSR count). The second-order valence-electron chi connectivity index (χ2n) is 7.24. The summed E-state index contributed by atoms with van der Waals surface area (Å²) < 4.78 is 11.5. The quantitative estimate of drug-likeness (QED) is 0.462. The third-order valence-electron chi connectivity index (χ3n) is 5.49. The van der Waals surface area contributed by atoms with Gasteiger partial charge in [0.25, 0.3) is 5.69 Å². The average molecular weight is 401 g/mol. The van der Waals surface area contributed by atoms with Crippen LogP contribution in [0.5, 0.6) is 11.5 Å². The molecule has 2 aliphatic rings. The van der Waals surface area contributed by atoms with Gasteiger partial charge in [-0.05, 0) is 35.9 Å². The summed E-state index contributed by atoms with van der Waals surface area (Å²) in [5.41, 5.74) is 3.71. The van der Waals surface area contributed by atoms with Crippen LogP contribution in [0.3, 0.4) is 0 Å². The van der Waals surface area contributed by atoms with Crippen molar-refractivity contribution in [2.45, 2.75) is 18.7 Å². The lowest BCUT2D eigenvalue weighted by Crippen LogP contribution is -2.33. The van der Waals surface area contributed by atoms with Gasteiger partial charge in [0.05, 0.1) is 23.8 Å². The van der Waals surface area contributed by atoms with Crippen molar-refractivity contribution in [1.82, 2.24) is 5.01 Å². The number of rotatable bonds is 4. The fraction of sp³-hybridized carbons (Fsp3) is 0.174. The van der Waals surface area contributed by atoms with Crippen LogP contribution >= 0.6 is 0 Å². The average Bonchev–Trinajstić information content (AvgIpc) is 3.24. The van der Waals surface area contributed by atoms with Gasteiger partial charge in [-0.2, -0.15) is 5.10 Å². The van der Waals surface area contributed by atoms with Crippen molar-refractivity contribution < 1.29 is 14.4 Å². The second kappa shape index (κ2) is 7.18. The Kier molecular flexibility index (Phi) is 4.35. The third-order valence-corrected chi connectivity index (χ3v) is 5.49. The minimum Gasteiger partial charge on any atom is -0.497 e.